The molecule has 0 unspecified atom stereocenters. The molecule has 1 aliphatic rings. The number of halogens is 2. The van der Waals surface area contributed by atoms with Gasteiger partial charge in [-0.3, -0.25) is 9.59 Å². The zero-order valence-electron chi connectivity index (χ0n) is 20.0. The molecule has 1 atom stereocenters. The van der Waals surface area contributed by atoms with Gasteiger partial charge in [0.2, 0.25) is 0 Å². The van der Waals surface area contributed by atoms with E-state index in [-0.39, 0.29) is 49.6 Å². The number of carbonyl (C=O) groups excluding carboxylic acids is 2. The van der Waals surface area contributed by atoms with E-state index in [1.54, 1.807) is 35.2 Å². The number of H-pyrrole nitrogens is 1. The third-order valence-electron chi connectivity index (χ3n) is 6.35. The highest BCUT2D eigenvalue weighted by Gasteiger charge is 2.34. The van der Waals surface area contributed by atoms with Crippen molar-refractivity contribution in [2.24, 2.45) is 0 Å². The molecule has 9 nitrogen and oxygen atoms in total. The minimum atomic E-state index is -0.676. The third kappa shape index (κ3) is 5.89. The van der Waals surface area contributed by atoms with Gasteiger partial charge in [0.25, 0.3) is 11.5 Å². The van der Waals surface area contributed by atoms with Crippen molar-refractivity contribution in [3.05, 3.63) is 75.5 Å². The molecule has 0 saturated carbocycles. The standard InChI is InChI=1S/C26H26ClFN6O3/c27-9-3-11-30-26(37)33-12-13-34(18(16-33)8-10-29)25(36)21-14-17(6-7-22(21)28)15-23-19-4-1-2-5-20(19)24(35)32-31-23/h1-2,4-7,14,18H,3,8-9,11-13,15-16H2,(H,30,37)(H,32,35)/t18-/m1/s1. The number of carbonyl (C=O) groups is 2. The van der Waals surface area contributed by atoms with Gasteiger partial charge >= 0.3 is 6.03 Å². The summed E-state index contributed by atoms with van der Waals surface area (Å²) < 4.78 is 14.8. The van der Waals surface area contributed by atoms with E-state index in [0.717, 1.165) is 0 Å². The van der Waals surface area contributed by atoms with Crippen molar-refractivity contribution in [2.75, 3.05) is 32.1 Å². The molecule has 0 spiro atoms. The van der Waals surface area contributed by atoms with Crippen molar-refractivity contribution >= 4 is 34.3 Å². The van der Waals surface area contributed by atoms with Gasteiger partial charge in [-0.1, -0.05) is 24.3 Å². The van der Waals surface area contributed by atoms with Crippen LogP contribution in [0.4, 0.5) is 9.18 Å². The Labute approximate surface area is 217 Å². The van der Waals surface area contributed by atoms with Gasteiger partial charge in [-0.15, -0.1) is 11.6 Å². The molecular weight excluding hydrogens is 499 g/mol. The quantitative estimate of drug-likeness (QED) is 0.363. The molecule has 1 fully saturated rings. The summed E-state index contributed by atoms with van der Waals surface area (Å²) in [5.74, 6) is -0.787. The number of alkyl halides is 1. The lowest BCUT2D eigenvalue weighted by Gasteiger charge is -2.40. The molecule has 3 aromatic rings. The first-order valence-electron chi connectivity index (χ1n) is 11.9. The molecule has 1 aliphatic heterocycles. The van der Waals surface area contributed by atoms with Gasteiger partial charge < -0.3 is 15.1 Å². The van der Waals surface area contributed by atoms with E-state index in [1.807, 2.05) is 0 Å². The van der Waals surface area contributed by atoms with Crippen LogP contribution < -0.4 is 10.9 Å². The zero-order chi connectivity index (χ0) is 26.4. The monoisotopic (exact) mass is 524 g/mol. The molecule has 2 heterocycles. The summed E-state index contributed by atoms with van der Waals surface area (Å²) in [6.45, 7) is 1.03. The number of hydrogen-bond donors (Lipinski definition) is 2. The lowest BCUT2D eigenvalue weighted by molar-refractivity contribution is 0.0512. The van der Waals surface area contributed by atoms with Crippen molar-refractivity contribution in [3.63, 3.8) is 0 Å². The molecular formula is C26H26ClFN6O3. The molecule has 11 heteroatoms. The highest BCUT2D eigenvalue weighted by molar-refractivity contribution is 6.17. The number of rotatable bonds is 7. The smallest absolute Gasteiger partial charge is 0.317 e. The van der Waals surface area contributed by atoms with Gasteiger partial charge in [0.05, 0.1) is 35.2 Å². The van der Waals surface area contributed by atoms with Gasteiger partial charge in [0.15, 0.2) is 0 Å². The largest absolute Gasteiger partial charge is 0.338 e. The Morgan fingerprint density at radius 1 is 1.22 bits per heavy atom. The summed E-state index contributed by atoms with van der Waals surface area (Å²) in [5.41, 5.74) is 0.818. The molecule has 0 bridgehead atoms. The fourth-order valence-corrected chi connectivity index (χ4v) is 4.60. The Hall–Kier alpha value is -3.97. The maximum atomic E-state index is 14.8. The highest BCUT2D eigenvalue weighted by atomic mass is 35.5. The van der Waals surface area contributed by atoms with E-state index in [1.165, 1.54) is 17.0 Å². The first-order chi connectivity index (χ1) is 17.9. The minimum Gasteiger partial charge on any atom is -0.338 e. The fourth-order valence-electron chi connectivity index (χ4n) is 4.46. The number of amides is 3. The van der Waals surface area contributed by atoms with E-state index in [0.29, 0.717) is 40.9 Å². The summed E-state index contributed by atoms with van der Waals surface area (Å²) >= 11 is 5.66. The van der Waals surface area contributed by atoms with Crippen molar-refractivity contribution in [3.8, 4) is 6.07 Å². The van der Waals surface area contributed by atoms with E-state index in [9.17, 15) is 24.0 Å². The van der Waals surface area contributed by atoms with Crippen LogP contribution in [0.5, 0.6) is 0 Å². The summed E-state index contributed by atoms with van der Waals surface area (Å²) in [4.78, 5) is 41.0. The molecule has 4 rings (SSSR count). The van der Waals surface area contributed by atoms with Gasteiger partial charge in [0.1, 0.15) is 5.82 Å². The average Bonchev–Trinajstić information content (AvgIpc) is 2.91. The molecule has 1 saturated heterocycles. The number of hydrogen-bond acceptors (Lipinski definition) is 5. The minimum absolute atomic E-state index is 0.00575. The number of nitrogens with zero attached hydrogens (tertiary/aromatic N) is 4. The van der Waals surface area contributed by atoms with Crippen LogP contribution in [0.1, 0.15) is 34.5 Å². The van der Waals surface area contributed by atoms with Crippen LogP contribution in [-0.2, 0) is 6.42 Å². The second-order valence-corrected chi connectivity index (χ2v) is 9.15. The Morgan fingerprint density at radius 3 is 2.76 bits per heavy atom. The lowest BCUT2D eigenvalue weighted by Crippen LogP contribution is -2.58. The number of nitriles is 1. The first-order valence-corrected chi connectivity index (χ1v) is 12.5. The summed E-state index contributed by atoms with van der Waals surface area (Å²) in [6.07, 6.45) is 0.912. The van der Waals surface area contributed by atoms with E-state index in [4.69, 9.17) is 11.6 Å². The lowest BCUT2D eigenvalue weighted by atomic mass is 10.0. The predicted molar refractivity (Wildman–Crippen MR) is 137 cm³/mol. The molecule has 2 N–H and O–H groups in total. The van der Waals surface area contributed by atoms with Crippen molar-refractivity contribution in [1.29, 1.82) is 5.26 Å². The van der Waals surface area contributed by atoms with Crippen molar-refractivity contribution in [2.45, 2.75) is 25.3 Å². The molecule has 2 aromatic carbocycles. The third-order valence-corrected chi connectivity index (χ3v) is 6.62. The zero-order valence-corrected chi connectivity index (χ0v) is 20.8. The van der Waals surface area contributed by atoms with Gasteiger partial charge in [-0.05, 0) is 30.2 Å². The molecule has 0 radical (unpaired) electrons. The van der Waals surface area contributed by atoms with Crippen LogP contribution >= 0.6 is 11.6 Å². The number of aromatic amines is 1. The normalized spacial score (nSPS) is 15.4. The maximum Gasteiger partial charge on any atom is 0.317 e. The van der Waals surface area contributed by atoms with Crippen LogP contribution in [0.25, 0.3) is 10.8 Å². The number of benzene rings is 2. The number of aromatic nitrogens is 2. The molecule has 3 amide bonds. The second-order valence-electron chi connectivity index (χ2n) is 8.77. The fraction of sp³-hybridized carbons (Fsp3) is 0.346. The van der Waals surface area contributed by atoms with E-state index in [2.05, 4.69) is 21.6 Å². The number of fused-ring (bicyclic) bond motifs is 1. The molecule has 37 heavy (non-hydrogen) atoms. The Bertz CT molecular complexity index is 1410. The topological polar surface area (TPSA) is 122 Å². The van der Waals surface area contributed by atoms with Crippen LogP contribution in [-0.4, -0.2) is 70.0 Å². The predicted octanol–water partition coefficient (Wildman–Crippen LogP) is 3.03. The number of nitrogens with one attached hydrogen (secondary N) is 2. The van der Waals surface area contributed by atoms with Crippen molar-refractivity contribution < 1.29 is 14.0 Å². The number of urea groups is 1. The van der Waals surface area contributed by atoms with Gasteiger partial charge in [-0.25, -0.2) is 14.3 Å². The van der Waals surface area contributed by atoms with Crippen LogP contribution in [0.15, 0.2) is 47.3 Å². The van der Waals surface area contributed by atoms with Gasteiger partial charge in [0, 0.05) is 43.9 Å². The molecule has 0 aliphatic carbocycles. The molecule has 192 valence electrons. The maximum absolute atomic E-state index is 14.8. The second kappa shape index (κ2) is 11.8. The van der Waals surface area contributed by atoms with Crippen LogP contribution in [0.3, 0.4) is 0 Å². The average molecular weight is 525 g/mol. The molecule has 1 aromatic heterocycles. The number of piperazine rings is 1. The summed E-state index contributed by atoms with van der Waals surface area (Å²) in [5, 5.41) is 19.9. The van der Waals surface area contributed by atoms with Crippen molar-refractivity contribution in [1.82, 2.24) is 25.3 Å². The Balaban J connectivity index is 1.54. The summed E-state index contributed by atoms with van der Waals surface area (Å²) in [7, 11) is 0. The van der Waals surface area contributed by atoms with E-state index >= 15 is 0 Å². The SMILES string of the molecule is N#CC[C@@H]1CN(C(=O)NCCCCl)CCN1C(=O)c1cc(Cc2n[nH]c(=O)c3ccccc23)ccc1F. The van der Waals surface area contributed by atoms with E-state index < -0.39 is 17.8 Å². The summed E-state index contributed by atoms with van der Waals surface area (Å²) in [6, 6.07) is 12.6. The highest BCUT2D eigenvalue weighted by Crippen LogP contribution is 2.22. The van der Waals surface area contributed by atoms with Gasteiger partial charge in [-0.2, -0.15) is 10.4 Å². The van der Waals surface area contributed by atoms with Crippen LogP contribution in [0, 0.1) is 17.1 Å². The Kier molecular flexibility index (Phi) is 8.36. The Morgan fingerprint density at radius 2 is 2.00 bits per heavy atom. The first kappa shape index (κ1) is 26.1. The van der Waals surface area contributed by atoms with Crippen LogP contribution in [0.2, 0.25) is 0 Å².